The third kappa shape index (κ3) is 7.56. The van der Waals surface area contributed by atoms with Crippen molar-refractivity contribution >= 4 is 43.6 Å². The minimum absolute atomic E-state index is 0. The van der Waals surface area contributed by atoms with Crippen LogP contribution in [0, 0.1) is 28.7 Å². The predicted molar refractivity (Wildman–Crippen MR) is 256 cm³/mol. The van der Waals surface area contributed by atoms with E-state index in [1.165, 1.54) is 0 Å². The van der Waals surface area contributed by atoms with Crippen molar-refractivity contribution in [2.45, 2.75) is 20.3 Å². The number of aryl methyl sites for hydroxylation is 2. The van der Waals surface area contributed by atoms with Gasteiger partial charge in [0.15, 0.2) is 13.2 Å². The molecule has 0 spiro atoms. The number of hydrogen-bond acceptors (Lipinski definition) is 2. The van der Waals surface area contributed by atoms with E-state index < -0.39 is 0 Å². The number of benzene rings is 8. The van der Waals surface area contributed by atoms with Crippen LogP contribution in [0.2, 0.25) is 0 Å². The Hall–Kier alpha value is -6.57. The molecule has 0 aliphatic rings. The molecular weight excluding hydrogens is 931 g/mol. The molecule has 0 saturated carbocycles. The molecule has 7 heteroatoms. The number of aromatic hydroxyl groups is 4. The number of ether oxygens (including phenoxy) is 2. The number of aromatic nitrogens is 2. The van der Waals surface area contributed by atoms with E-state index in [4.69, 9.17) is 9.47 Å². The number of para-hydroxylation sites is 6. The van der Waals surface area contributed by atoms with Crippen molar-refractivity contribution in [3.63, 3.8) is 0 Å². The van der Waals surface area contributed by atoms with Crippen molar-refractivity contribution in [3.8, 4) is 56.6 Å². The minimum atomic E-state index is 0. The molecule has 10 rings (SSSR count). The van der Waals surface area contributed by atoms with Crippen LogP contribution >= 0.6 is 0 Å². The van der Waals surface area contributed by atoms with Crippen LogP contribution in [0.4, 0.5) is 0 Å². The van der Waals surface area contributed by atoms with E-state index in [1.807, 2.05) is 84.9 Å². The van der Waals surface area contributed by atoms with Gasteiger partial charge in [0.1, 0.15) is 17.9 Å². The Labute approximate surface area is 382 Å². The molecule has 0 aliphatic heterocycles. The molecule has 4 N–H and O–H groups in total. The van der Waals surface area contributed by atoms with Crippen LogP contribution in [0.5, 0.6) is 23.0 Å². The summed E-state index contributed by atoms with van der Waals surface area (Å²) < 4.78 is 14.4. The van der Waals surface area contributed by atoms with Gasteiger partial charge in [-0.3, -0.25) is 0 Å². The van der Waals surface area contributed by atoms with Gasteiger partial charge in [0.25, 0.3) is 11.5 Å². The standard InChI is InChI=1S/C53H42N2O4.2CH3.Hf/c1-34-30-42(52(56)48(32-34)54-44-22-9-3-16-36(44)37-17-4-10-23-45(37)54)40-20-7-13-26-50(40)58-28-15-29-59-51-27-14-8-21-41(51)43-31-35(2)33-49(53(43)57)55-46-24-11-5-18-38(46)39-19-6-12-25-47(39)55;;;/h3-14,16-27,30-33,56-57H,15,28-29H2,1-2H3;2*1H3;/q;2*-1;/p+2. The van der Waals surface area contributed by atoms with Crippen LogP contribution < -0.4 is 0 Å². The van der Waals surface area contributed by atoms with Crippen LogP contribution in [-0.2, 0) is 25.8 Å². The van der Waals surface area contributed by atoms with Gasteiger partial charge >= 0.3 is 0 Å². The van der Waals surface area contributed by atoms with Gasteiger partial charge in [0.2, 0.25) is 0 Å². The zero-order chi connectivity index (χ0) is 40.0. The van der Waals surface area contributed by atoms with E-state index in [0.29, 0.717) is 13.2 Å². The average Bonchev–Trinajstić information content (AvgIpc) is 3.78. The topological polar surface area (TPSA) is 75.9 Å². The van der Waals surface area contributed by atoms with Gasteiger partial charge in [-0.05, 0) is 85.6 Å². The largest absolute Gasteiger partial charge is 0.582 e. The monoisotopic (exact) mass is 982 g/mol. The van der Waals surface area contributed by atoms with Crippen LogP contribution in [-0.4, -0.2) is 42.0 Å². The number of hydrogen-bond donors (Lipinski definition) is 2. The van der Waals surface area contributed by atoms with Crippen molar-refractivity contribution in [2.24, 2.45) is 0 Å². The van der Waals surface area contributed by atoms with E-state index in [-0.39, 0.29) is 52.2 Å². The van der Waals surface area contributed by atoms with E-state index in [2.05, 4.69) is 108 Å². The van der Waals surface area contributed by atoms with Gasteiger partial charge in [-0.15, -0.1) is 0 Å². The van der Waals surface area contributed by atoms with Crippen molar-refractivity contribution in [3.05, 3.63) is 196 Å². The molecule has 0 radical (unpaired) electrons. The quantitative estimate of drug-likeness (QED) is 0.0620. The summed E-state index contributed by atoms with van der Waals surface area (Å²) in [6.07, 6.45) is 0.724. The smallest absolute Gasteiger partial charge is 0.262 e. The number of nitrogens with zero attached hydrogens (tertiary/aromatic N) is 2. The molecule has 62 heavy (non-hydrogen) atoms. The molecule has 6 nitrogen and oxygen atoms in total. The SMILES string of the molecule is Cc1cc(-c2ccccc2[OH+]CCC[OH+]c2ccccc2-c2cc(C)cc(-n3c4ccccc4c4ccccc43)c2O)c(O)c(-n2c3ccccc3c3ccccc32)c1.[CH3-].[CH3-].[Hf]. The summed E-state index contributed by atoms with van der Waals surface area (Å²) in [6, 6.07) is 57.6. The Bertz CT molecular complexity index is 2900. The van der Waals surface area contributed by atoms with E-state index in [1.54, 1.807) is 0 Å². The average molecular weight is 982 g/mol. The van der Waals surface area contributed by atoms with Crippen molar-refractivity contribution < 1.29 is 45.5 Å². The molecule has 0 unspecified atom stereocenters. The van der Waals surface area contributed by atoms with Crippen LogP contribution in [0.1, 0.15) is 17.5 Å². The Morgan fingerprint density at radius 3 is 1.06 bits per heavy atom. The maximum atomic E-state index is 12.0. The van der Waals surface area contributed by atoms with Crippen LogP contribution in [0.3, 0.4) is 0 Å². The van der Waals surface area contributed by atoms with Gasteiger partial charge in [-0.1, -0.05) is 97.1 Å². The number of fused-ring (bicyclic) bond motifs is 6. The predicted octanol–water partition coefficient (Wildman–Crippen LogP) is 13.7. The number of phenols is 2. The minimum Gasteiger partial charge on any atom is -0.582 e. The third-order valence-electron chi connectivity index (χ3n) is 11.4. The van der Waals surface area contributed by atoms with Crippen molar-refractivity contribution in [1.29, 1.82) is 0 Å². The fraction of sp³-hybridized carbons (Fsp3) is 0.0909. The van der Waals surface area contributed by atoms with Gasteiger partial charge in [0.05, 0.1) is 44.6 Å². The normalized spacial score (nSPS) is 11.0. The molecular formula is C55H50HfN2O4. The van der Waals surface area contributed by atoms with Crippen molar-refractivity contribution in [2.75, 3.05) is 13.2 Å². The number of phenolic OH excluding ortho intramolecular Hbond substituents is 2. The molecule has 0 saturated heterocycles. The Morgan fingerprint density at radius 2 is 0.710 bits per heavy atom. The second-order valence-electron chi connectivity index (χ2n) is 15.3. The molecule has 0 atom stereocenters. The second kappa shape index (κ2) is 18.2. The fourth-order valence-corrected chi connectivity index (χ4v) is 8.78. The van der Waals surface area contributed by atoms with E-state index in [9.17, 15) is 10.2 Å². The van der Waals surface area contributed by atoms with E-state index >= 15 is 0 Å². The summed E-state index contributed by atoms with van der Waals surface area (Å²) in [6.45, 7) is 5.26. The second-order valence-corrected chi connectivity index (χ2v) is 15.3. The van der Waals surface area contributed by atoms with Gasteiger partial charge in [0, 0.05) is 70.6 Å². The number of rotatable bonds is 10. The zero-order valence-corrected chi connectivity index (χ0v) is 39.1. The molecule has 8 aromatic carbocycles. The first kappa shape index (κ1) is 43.5. The summed E-state index contributed by atoms with van der Waals surface area (Å²) in [5.74, 6) is 2.09. The molecule has 2 heterocycles. The van der Waals surface area contributed by atoms with Crippen molar-refractivity contribution in [1.82, 2.24) is 9.13 Å². The summed E-state index contributed by atoms with van der Waals surface area (Å²) in [7, 11) is 0. The summed E-state index contributed by atoms with van der Waals surface area (Å²) in [5.41, 5.74) is 11.0. The fourth-order valence-electron chi connectivity index (χ4n) is 8.78. The molecule has 308 valence electrons. The molecule has 0 aliphatic carbocycles. The Balaban J connectivity index is 0.00000193. The Kier molecular flexibility index (Phi) is 12.8. The summed E-state index contributed by atoms with van der Waals surface area (Å²) in [5, 5.41) is 28.7. The summed E-state index contributed by atoms with van der Waals surface area (Å²) >= 11 is 0. The molecule has 10 aromatic rings. The first-order valence-electron chi connectivity index (χ1n) is 20.1. The maximum Gasteiger partial charge on any atom is 0.262 e. The molecule has 0 fully saturated rings. The van der Waals surface area contributed by atoms with Gasteiger partial charge in [-0.25, -0.2) is 0 Å². The molecule has 0 bridgehead atoms. The zero-order valence-electron chi connectivity index (χ0n) is 35.5. The van der Waals surface area contributed by atoms with E-state index in [0.717, 1.165) is 106 Å². The maximum absolute atomic E-state index is 12.0. The Morgan fingerprint density at radius 1 is 0.403 bits per heavy atom. The van der Waals surface area contributed by atoms with Crippen LogP contribution in [0.25, 0.3) is 77.2 Å². The number of aliphatic hydroxyl groups is 2. The third-order valence-corrected chi connectivity index (χ3v) is 11.4. The van der Waals surface area contributed by atoms with Crippen LogP contribution in [0.15, 0.2) is 170 Å². The van der Waals surface area contributed by atoms with Gasteiger partial charge < -0.3 is 43.7 Å². The molecule has 0 amide bonds. The molecule has 2 aromatic heterocycles. The first-order valence-corrected chi connectivity index (χ1v) is 20.1. The summed E-state index contributed by atoms with van der Waals surface area (Å²) in [4.78, 5) is 0. The first-order chi connectivity index (χ1) is 29.0. The van der Waals surface area contributed by atoms with Gasteiger partial charge in [-0.2, -0.15) is 0 Å².